The Morgan fingerprint density at radius 2 is 1.04 bits per heavy atom. The fourth-order valence-electron chi connectivity index (χ4n) is 3.04. The van der Waals surface area contributed by atoms with E-state index in [1.165, 1.54) is 49.7 Å². The van der Waals surface area contributed by atoms with Crippen LogP contribution in [0.15, 0.2) is 12.1 Å². The molecule has 0 saturated heterocycles. The van der Waals surface area contributed by atoms with Crippen molar-refractivity contribution in [3.8, 4) is 11.5 Å². The van der Waals surface area contributed by atoms with Crippen LogP contribution < -0.4 is 9.47 Å². The molecule has 0 N–H and O–H groups in total. The molecule has 2 heteroatoms. The molecule has 0 spiro atoms. The molecular formula is C23H40O2. The first-order chi connectivity index (χ1) is 12.3. The quantitative estimate of drug-likeness (QED) is 0.314. The molecule has 0 aromatic heterocycles. The second-order valence-corrected chi connectivity index (χ2v) is 7.01. The van der Waals surface area contributed by atoms with E-state index in [-0.39, 0.29) is 0 Å². The number of hydrogen-bond donors (Lipinski definition) is 0. The van der Waals surface area contributed by atoms with Crippen LogP contribution in [0.3, 0.4) is 0 Å². The maximum atomic E-state index is 6.29. The Bertz CT molecular complexity index is 454. The number of unbranched alkanes of at least 4 members (excludes halogenated alkanes) is 5. The third kappa shape index (κ3) is 8.16. The largest absolute Gasteiger partial charge is 0.489 e. The molecule has 0 aliphatic carbocycles. The van der Waals surface area contributed by atoms with Crippen LogP contribution in [-0.4, -0.2) is 13.2 Å². The highest BCUT2D eigenvalue weighted by molar-refractivity contribution is 5.52. The lowest BCUT2D eigenvalue weighted by Crippen LogP contribution is -2.07. The Hall–Kier alpha value is -1.18. The zero-order valence-electron chi connectivity index (χ0n) is 17.2. The van der Waals surface area contributed by atoms with Gasteiger partial charge in [-0.2, -0.15) is 0 Å². The Morgan fingerprint density at radius 1 is 0.560 bits per heavy atom. The van der Waals surface area contributed by atoms with Gasteiger partial charge in [-0.05, 0) is 43.2 Å². The minimum atomic E-state index is 0.799. The zero-order chi connectivity index (χ0) is 18.3. The minimum Gasteiger partial charge on any atom is -0.489 e. The van der Waals surface area contributed by atoms with E-state index in [0.29, 0.717) is 0 Å². The van der Waals surface area contributed by atoms with E-state index in [9.17, 15) is 0 Å². The van der Waals surface area contributed by atoms with Gasteiger partial charge < -0.3 is 9.47 Å². The van der Waals surface area contributed by atoms with Crippen LogP contribution in [0, 0.1) is 0 Å². The monoisotopic (exact) mass is 348 g/mol. The van der Waals surface area contributed by atoms with Gasteiger partial charge in [-0.1, -0.05) is 78.4 Å². The molecular weight excluding hydrogens is 308 g/mol. The number of benzene rings is 1. The summed E-state index contributed by atoms with van der Waals surface area (Å²) >= 11 is 0. The summed E-state index contributed by atoms with van der Waals surface area (Å²) in [6.07, 6.45) is 12.8. The van der Waals surface area contributed by atoms with Crippen LogP contribution in [0.1, 0.15) is 96.6 Å². The highest BCUT2D eigenvalue weighted by atomic mass is 16.5. The highest BCUT2D eigenvalue weighted by Crippen LogP contribution is 2.37. The standard InChI is InChI=1S/C23H40O2/c1-5-9-12-18-24-22-20(14-8-4)16-17-21(15-11-7-3)23(22)25-19-13-10-6-2/h16-17H,5-15,18-19H2,1-4H3. The van der Waals surface area contributed by atoms with E-state index in [1.807, 2.05) is 0 Å². The average molecular weight is 349 g/mol. The van der Waals surface area contributed by atoms with Gasteiger partial charge >= 0.3 is 0 Å². The number of rotatable bonds is 15. The Balaban J connectivity index is 2.98. The van der Waals surface area contributed by atoms with Crippen molar-refractivity contribution in [2.24, 2.45) is 0 Å². The van der Waals surface area contributed by atoms with Crippen LogP contribution in [0.25, 0.3) is 0 Å². The lowest BCUT2D eigenvalue weighted by molar-refractivity contribution is 0.255. The fraction of sp³-hybridized carbons (Fsp3) is 0.739. The maximum Gasteiger partial charge on any atom is 0.164 e. The van der Waals surface area contributed by atoms with E-state index < -0.39 is 0 Å². The van der Waals surface area contributed by atoms with Gasteiger partial charge in [0.1, 0.15) is 0 Å². The zero-order valence-corrected chi connectivity index (χ0v) is 17.2. The number of hydrogen-bond acceptors (Lipinski definition) is 2. The summed E-state index contributed by atoms with van der Waals surface area (Å²) in [5, 5.41) is 0. The Kier molecular flexibility index (Phi) is 12.3. The highest BCUT2D eigenvalue weighted by Gasteiger charge is 2.16. The van der Waals surface area contributed by atoms with Gasteiger partial charge in [-0.25, -0.2) is 0 Å². The summed E-state index contributed by atoms with van der Waals surface area (Å²) in [5.74, 6) is 2.06. The van der Waals surface area contributed by atoms with Crippen molar-refractivity contribution >= 4 is 0 Å². The van der Waals surface area contributed by atoms with E-state index in [1.54, 1.807) is 0 Å². The second kappa shape index (κ2) is 14.0. The normalized spacial score (nSPS) is 10.9. The lowest BCUT2D eigenvalue weighted by Gasteiger charge is -2.20. The molecule has 0 fully saturated rings. The molecule has 0 atom stereocenters. The molecule has 0 aliphatic rings. The van der Waals surface area contributed by atoms with Gasteiger partial charge in [0.25, 0.3) is 0 Å². The molecule has 1 aromatic carbocycles. The van der Waals surface area contributed by atoms with Crippen molar-refractivity contribution < 1.29 is 9.47 Å². The predicted molar refractivity (Wildman–Crippen MR) is 109 cm³/mol. The van der Waals surface area contributed by atoms with Gasteiger partial charge in [-0.15, -0.1) is 0 Å². The van der Waals surface area contributed by atoms with Crippen molar-refractivity contribution in [1.29, 1.82) is 0 Å². The minimum absolute atomic E-state index is 0.799. The van der Waals surface area contributed by atoms with Gasteiger partial charge in [0.05, 0.1) is 13.2 Å². The molecule has 0 aliphatic heterocycles. The molecule has 2 nitrogen and oxygen atoms in total. The number of ether oxygens (including phenoxy) is 2. The van der Waals surface area contributed by atoms with Crippen molar-refractivity contribution in [3.05, 3.63) is 23.3 Å². The molecule has 1 rings (SSSR count). The molecule has 25 heavy (non-hydrogen) atoms. The summed E-state index contributed by atoms with van der Waals surface area (Å²) in [5.41, 5.74) is 2.63. The molecule has 0 bridgehead atoms. The first-order valence-corrected chi connectivity index (χ1v) is 10.7. The summed E-state index contributed by atoms with van der Waals surface area (Å²) in [6.45, 7) is 10.5. The predicted octanol–water partition coefficient (Wildman–Crippen LogP) is 7.12. The summed E-state index contributed by atoms with van der Waals surface area (Å²) in [4.78, 5) is 0. The number of aryl methyl sites for hydroxylation is 2. The van der Waals surface area contributed by atoms with Crippen LogP contribution in [-0.2, 0) is 12.8 Å². The smallest absolute Gasteiger partial charge is 0.164 e. The summed E-state index contributed by atoms with van der Waals surface area (Å²) in [7, 11) is 0. The molecule has 0 heterocycles. The lowest BCUT2D eigenvalue weighted by atomic mass is 10.0. The van der Waals surface area contributed by atoms with Crippen molar-refractivity contribution in [2.75, 3.05) is 13.2 Å². The van der Waals surface area contributed by atoms with E-state index in [4.69, 9.17) is 9.47 Å². The summed E-state index contributed by atoms with van der Waals surface area (Å²) < 4.78 is 12.6. The van der Waals surface area contributed by atoms with Gasteiger partial charge in [-0.3, -0.25) is 0 Å². The third-order valence-corrected chi connectivity index (χ3v) is 4.58. The van der Waals surface area contributed by atoms with Gasteiger partial charge in [0, 0.05) is 0 Å². The molecule has 1 aromatic rings. The van der Waals surface area contributed by atoms with Crippen molar-refractivity contribution in [1.82, 2.24) is 0 Å². The summed E-state index contributed by atoms with van der Waals surface area (Å²) in [6, 6.07) is 4.54. The van der Waals surface area contributed by atoms with Crippen LogP contribution in [0.5, 0.6) is 11.5 Å². The SMILES string of the molecule is CCCCCOc1c(CCC)ccc(CCCC)c1OCCCCC. The van der Waals surface area contributed by atoms with E-state index in [0.717, 1.165) is 56.8 Å². The van der Waals surface area contributed by atoms with Gasteiger partial charge in [0.15, 0.2) is 11.5 Å². The third-order valence-electron chi connectivity index (χ3n) is 4.58. The second-order valence-electron chi connectivity index (χ2n) is 7.01. The maximum absolute atomic E-state index is 6.29. The topological polar surface area (TPSA) is 18.5 Å². The first-order valence-electron chi connectivity index (χ1n) is 10.7. The van der Waals surface area contributed by atoms with Crippen molar-refractivity contribution in [2.45, 2.75) is 98.3 Å². The Labute approximate surface area is 156 Å². The molecule has 0 radical (unpaired) electrons. The average Bonchev–Trinajstić information content (AvgIpc) is 2.63. The van der Waals surface area contributed by atoms with Crippen molar-refractivity contribution in [3.63, 3.8) is 0 Å². The van der Waals surface area contributed by atoms with Crippen LogP contribution >= 0.6 is 0 Å². The van der Waals surface area contributed by atoms with E-state index >= 15 is 0 Å². The molecule has 0 unspecified atom stereocenters. The fourth-order valence-corrected chi connectivity index (χ4v) is 3.04. The first kappa shape index (κ1) is 21.9. The van der Waals surface area contributed by atoms with E-state index in [2.05, 4.69) is 39.8 Å². The Morgan fingerprint density at radius 3 is 1.48 bits per heavy atom. The molecule has 144 valence electrons. The van der Waals surface area contributed by atoms with Crippen LogP contribution in [0.2, 0.25) is 0 Å². The molecule has 0 saturated carbocycles. The molecule has 0 amide bonds. The van der Waals surface area contributed by atoms with Gasteiger partial charge in [0.2, 0.25) is 0 Å². The van der Waals surface area contributed by atoms with Crippen LogP contribution in [0.4, 0.5) is 0 Å².